The lowest BCUT2D eigenvalue weighted by Gasteiger charge is -2.38. The van der Waals surface area contributed by atoms with E-state index in [9.17, 15) is 14.0 Å². The Morgan fingerprint density at radius 3 is 2.94 bits per heavy atom. The van der Waals surface area contributed by atoms with Gasteiger partial charge in [0.25, 0.3) is 0 Å². The van der Waals surface area contributed by atoms with E-state index < -0.39 is 0 Å². The van der Waals surface area contributed by atoms with Crippen LogP contribution in [0.15, 0.2) is 29.1 Å². The molecule has 0 aromatic heterocycles. The summed E-state index contributed by atoms with van der Waals surface area (Å²) in [6.45, 7) is 5.26. The maximum Gasteiger partial charge on any atom is 0.415 e. The van der Waals surface area contributed by atoms with E-state index in [0.717, 1.165) is 24.1 Å². The van der Waals surface area contributed by atoms with Crippen molar-refractivity contribution in [3.63, 3.8) is 0 Å². The number of ether oxygens (including phenoxy) is 2. The number of hydrogen-bond donors (Lipinski definition) is 2. The van der Waals surface area contributed by atoms with Crippen molar-refractivity contribution >= 4 is 18.2 Å². The first kappa shape index (κ1) is 22.6. The number of fused-ring (bicyclic) bond motifs is 1. The monoisotopic (exact) mass is 471 g/mol. The Morgan fingerprint density at radius 1 is 1.32 bits per heavy atom. The van der Waals surface area contributed by atoms with Crippen molar-refractivity contribution in [2.75, 3.05) is 39.3 Å². The second kappa shape index (κ2) is 9.61. The summed E-state index contributed by atoms with van der Waals surface area (Å²) >= 11 is 0. The van der Waals surface area contributed by atoms with Crippen LogP contribution >= 0.6 is 0 Å². The van der Waals surface area contributed by atoms with Crippen molar-refractivity contribution in [3.8, 4) is 5.75 Å². The largest absolute Gasteiger partial charge is 0.487 e. The number of cyclic esters (lactones) is 1. The first-order valence-electron chi connectivity index (χ1n) is 11.8. The van der Waals surface area contributed by atoms with Crippen LogP contribution in [-0.2, 0) is 22.4 Å². The summed E-state index contributed by atoms with van der Waals surface area (Å²) in [5, 5.41) is 6.49. The summed E-state index contributed by atoms with van der Waals surface area (Å²) in [5.74, 6) is 1.25. The van der Waals surface area contributed by atoms with E-state index in [1.165, 1.54) is 13.0 Å². The Balaban J connectivity index is 1.05. The third kappa shape index (κ3) is 4.86. The summed E-state index contributed by atoms with van der Waals surface area (Å²) < 4.78 is 26.0. The molecule has 9 nitrogen and oxygen atoms in total. The predicted octanol–water partition coefficient (Wildman–Crippen LogP) is 1.42. The average Bonchev–Trinajstić information content (AvgIpc) is 3.37. The molecule has 0 spiro atoms. The lowest BCUT2D eigenvalue weighted by Crippen LogP contribution is -2.55. The molecule has 4 aliphatic rings. The summed E-state index contributed by atoms with van der Waals surface area (Å²) in [6, 6.07) is 3.41. The normalized spacial score (nSPS) is 23.8. The molecule has 2 unspecified atom stereocenters. The van der Waals surface area contributed by atoms with E-state index in [2.05, 4.69) is 15.6 Å². The van der Waals surface area contributed by atoms with Gasteiger partial charge in [-0.15, -0.1) is 0 Å². The molecule has 182 valence electrons. The molecule has 2 fully saturated rings. The van der Waals surface area contributed by atoms with Crippen LogP contribution in [0.5, 0.6) is 5.75 Å². The Morgan fingerprint density at radius 2 is 2.18 bits per heavy atom. The highest BCUT2D eigenvalue weighted by molar-refractivity contribution is 5.74. The summed E-state index contributed by atoms with van der Waals surface area (Å²) in [5.41, 5.74) is 1.77. The SMILES string of the molecule is CC(=O)N1CC(Oc2cc(F)c3c(c2)CC(CNCCC2CN(C4=CNCC=N4)C(=O)O2)C3)C1. The minimum Gasteiger partial charge on any atom is -0.487 e. The van der Waals surface area contributed by atoms with Crippen LogP contribution in [0.4, 0.5) is 9.18 Å². The van der Waals surface area contributed by atoms with Crippen molar-refractivity contribution in [1.82, 2.24) is 20.4 Å². The Bertz CT molecular complexity index is 1020. The van der Waals surface area contributed by atoms with Gasteiger partial charge in [-0.1, -0.05) is 0 Å². The zero-order valence-corrected chi connectivity index (χ0v) is 19.3. The average molecular weight is 472 g/mol. The van der Waals surface area contributed by atoms with E-state index >= 15 is 0 Å². The van der Waals surface area contributed by atoms with Crippen molar-refractivity contribution in [1.29, 1.82) is 0 Å². The molecule has 2 atom stereocenters. The molecule has 3 heterocycles. The predicted molar refractivity (Wildman–Crippen MR) is 123 cm³/mol. The van der Waals surface area contributed by atoms with Gasteiger partial charge in [0.15, 0.2) is 5.82 Å². The van der Waals surface area contributed by atoms with Crippen LogP contribution in [0.2, 0.25) is 0 Å². The molecule has 2 amide bonds. The van der Waals surface area contributed by atoms with Crippen LogP contribution in [0, 0.1) is 11.7 Å². The minimum atomic E-state index is -0.368. The smallest absolute Gasteiger partial charge is 0.415 e. The molecule has 0 saturated carbocycles. The zero-order valence-electron chi connectivity index (χ0n) is 19.3. The van der Waals surface area contributed by atoms with E-state index in [-0.39, 0.29) is 30.0 Å². The molecule has 10 heteroatoms. The molecule has 0 bridgehead atoms. The number of rotatable bonds is 8. The number of nitrogens with one attached hydrogen (secondary N) is 2. The standard InChI is InChI=1S/C24H30FN5O4/c1-15(31)29-12-20(13-29)33-19-8-17-6-16(7-21(17)22(25)9-19)10-26-3-2-18-14-30(24(32)34-18)23-11-27-4-5-28-23/h5,8-9,11,16,18,20,26-27H,2-4,6-7,10,12-14H2,1H3. The molecule has 0 radical (unpaired) electrons. The zero-order chi connectivity index (χ0) is 23.7. The maximum atomic E-state index is 14.7. The molecule has 1 aromatic carbocycles. The summed E-state index contributed by atoms with van der Waals surface area (Å²) in [7, 11) is 0. The number of benzene rings is 1. The van der Waals surface area contributed by atoms with Gasteiger partial charge in [-0.25, -0.2) is 14.2 Å². The summed E-state index contributed by atoms with van der Waals surface area (Å²) in [6.07, 6.45) is 5.03. The van der Waals surface area contributed by atoms with Crippen LogP contribution in [-0.4, -0.2) is 79.5 Å². The Kier molecular flexibility index (Phi) is 6.40. The maximum absolute atomic E-state index is 14.7. The molecule has 2 N–H and O–H groups in total. The number of carbonyl (C=O) groups excluding carboxylic acids is 2. The fourth-order valence-electron chi connectivity index (χ4n) is 4.88. The molecule has 2 saturated heterocycles. The number of nitrogens with zero attached hydrogens (tertiary/aromatic N) is 3. The van der Waals surface area contributed by atoms with Gasteiger partial charge in [-0.05, 0) is 55.5 Å². The minimum absolute atomic E-state index is 0.0341. The molecule has 5 rings (SSSR count). The van der Waals surface area contributed by atoms with Gasteiger partial charge in [-0.2, -0.15) is 0 Å². The van der Waals surface area contributed by atoms with Crippen molar-refractivity contribution < 1.29 is 23.5 Å². The molecule has 1 aromatic rings. The number of halogens is 1. The van der Waals surface area contributed by atoms with Crippen LogP contribution in [0.3, 0.4) is 0 Å². The molecular formula is C24H30FN5O4. The van der Waals surface area contributed by atoms with Gasteiger partial charge in [0.2, 0.25) is 5.91 Å². The lowest BCUT2D eigenvalue weighted by molar-refractivity contribution is -0.137. The van der Waals surface area contributed by atoms with E-state index in [1.54, 1.807) is 22.2 Å². The van der Waals surface area contributed by atoms with Gasteiger partial charge >= 0.3 is 6.09 Å². The Hall–Kier alpha value is -3.14. The number of likely N-dealkylation sites (tertiary alicyclic amines) is 1. The number of amides is 2. The van der Waals surface area contributed by atoms with Crippen molar-refractivity contribution in [2.24, 2.45) is 10.9 Å². The fraction of sp³-hybridized carbons (Fsp3) is 0.542. The van der Waals surface area contributed by atoms with Crippen molar-refractivity contribution in [2.45, 2.75) is 38.4 Å². The van der Waals surface area contributed by atoms with E-state index in [0.29, 0.717) is 63.1 Å². The second-order valence-corrected chi connectivity index (χ2v) is 9.31. The van der Waals surface area contributed by atoms with Crippen LogP contribution in [0.1, 0.15) is 24.5 Å². The number of carbonyl (C=O) groups is 2. The van der Waals surface area contributed by atoms with Gasteiger partial charge in [-0.3, -0.25) is 9.69 Å². The van der Waals surface area contributed by atoms with E-state index in [4.69, 9.17) is 9.47 Å². The second-order valence-electron chi connectivity index (χ2n) is 9.31. The third-order valence-electron chi connectivity index (χ3n) is 6.75. The quantitative estimate of drug-likeness (QED) is 0.557. The third-order valence-corrected chi connectivity index (χ3v) is 6.75. The molecule has 34 heavy (non-hydrogen) atoms. The highest BCUT2D eigenvalue weighted by Gasteiger charge is 2.34. The Labute approximate surface area is 198 Å². The van der Waals surface area contributed by atoms with Gasteiger partial charge in [0, 0.05) is 31.9 Å². The molecule has 1 aliphatic carbocycles. The van der Waals surface area contributed by atoms with E-state index in [1.807, 2.05) is 6.07 Å². The highest BCUT2D eigenvalue weighted by Crippen LogP contribution is 2.33. The van der Waals surface area contributed by atoms with Crippen molar-refractivity contribution in [3.05, 3.63) is 41.1 Å². The first-order valence-corrected chi connectivity index (χ1v) is 11.8. The van der Waals surface area contributed by atoms with Crippen LogP contribution < -0.4 is 15.4 Å². The van der Waals surface area contributed by atoms with Crippen LogP contribution in [0.25, 0.3) is 0 Å². The number of aliphatic imine (C=N–C) groups is 1. The number of hydrogen-bond acceptors (Lipinski definition) is 7. The molecular weight excluding hydrogens is 441 g/mol. The topological polar surface area (TPSA) is 95.5 Å². The first-order chi connectivity index (χ1) is 16.5. The van der Waals surface area contributed by atoms with Gasteiger partial charge in [0.05, 0.1) is 19.6 Å². The van der Waals surface area contributed by atoms with Gasteiger partial charge in [0.1, 0.15) is 23.8 Å². The van der Waals surface area contributed by atoms with Gasteiger partial charge < -0.3 is 25.0 Å². The highest BCUT2D eigenvalue weighted by atomic mass is 19.1. The molecule has 3 aliphatic heterocycles. The lowest BCUT2D eigenvalue weighted by atomic mass is 10.1. The fourth-order valence-corrected chi connectivity index (χ4v) is 4.88. The summed E-state index contributed by atoms with van der Waals surface area (Å²) in [4.78, 5) is 30.9.